The van der Waals surface area contributed by atoms with Crippen LogP contribution in [-0.2, 0) is 17.6 Å². The van der Waals surface area contributed by atoms with Crippen molar-refractivity contribution in [2.45, 2.75) is 32.2 Å². The van der Waals surface area contributed by atoms with Gasteiger partial charge in [0.1, 0.15) is 5.76 Å². The number of benzene rings is 1. The van der Waals surface area contributed by atoms with E-state index in [1.165, 1.54) is 19.2 Å². The lowest BCUT2D eigenvalue weighted by Gasteiger charge is -2.13. The maximum atomic E-state index is 13.6. The van der Waals surface area contributed by atoms with E-state index in [0.29, 0.717) is 5.56 Å². The van der Waals surface area contributed by atoms with Gasteiger partial charge in [0.05, 0.1) is 19.8 Å². The van der Waals surface area contributed by atoms with E-state index >= 15 is 0 Å². The molecule has 0 radical (unpaired) electrons. The van der Waals surface area contributed by atoms with Gasteiger partial charge in [-0.25, -0.2) is 4.39 Å². The van der Waals surface area contributed by atoms with Crippen molar-refractivity contribution >= 4 is 5.91 Å². The number of furan rings is 1. The molecule has 0 aliphatic carbocycles. The number of carbonyl (C=O) groups is 1. The van der Waals surface area contributed by atoms with Gasteiger partial charge in [0.2, 0.25) is 5.91 Å². The van der Waals surface area contributed by atoms with Gasteiger partial charge in [-0.05, 0) is 43.2 Å². The predicted molar refractivity (Wildman–Crippen MR) is 81.3 cm³/mol. The molecule has 0 aliphatic heterocycles. The highest BCUT2D eigenvalue weighted by Gasteiger charge is 2.11. The molecule has 1 heterocycles. The lowest BCUT2D eigenvalue weighted by molar-refractivity contribution is -0.121. The minimum atomic E-state index is -0.460. The Balaban J connectivity index is 1.80. The molecule has 0 aliphatic rings. The first-order valence-corrected chi connectivity index (χ1v) is 7.22. The summed E-state index contributed by atoms with van der Waals surface area (Å²) >= 11 is 0. The number of hydrogen-bond donors (Lipinski definition) is 1. The second-order valence-electron chi connectivity index (χ2n) is 5.23. The van der Waals surface area contributed by atoms with Crippen LogP contribution in [0.3, 0.4) is 0 Å². The van der Waals surface area contributed by atoms with E-state index in [0.717, 1.165) is 18.6 Å². The highest BCUT2D eigenvalue weighted by Crippen LogP contribution is 2.18. The van der Waals surface area contributed by atoms with Gasteiger partial charge < -0.3 is 14.5 Å². The summed E-state index contributed by atoms with van der Waals surface area (Å²) in [6.07, 6.45) is 3.34. The molecule has 1 aromatic carbocycles. The second-order valence-corrected chi connectivity index (χ2v) is 5.23. The largest absolute Gasteiger partial charge is 0.494 e. The van der Waals surface area contributed by atoms with E-state index in [-0.39, 0.29) is 24.1 Å². The van der Waals surface area contributed by atoms with E-state index in [1.807, 2.05) is 19.1 Å². The van der Waals surface area contributed by atoms with Gasteiger partial charge in [-0.2, -0.15) is 0 Å². The lowest BCUT2D eigenvalue weighted by atomic mass is 10.1. The number of aryl methyl sites for hydroxylation is 1. The summed E-state index contributed by atoms with van der Waals surface area (Å²) in [5.41, 5.74) is 0.619. The van der Waals surface area contributed by atoms with Crippen molar-refractivity contribution in [1.82, 2.24) is 5.32 Å². The van der Waals surface area contributed by atoms with Crippen LogP contribution in [0.2, 0.25) is 0 Å². The number of ether oxygens (including phenoxy) is 1. The van der Waals surface area contributed by atoms with Gasteiger partial charge in [-0.15, -0.1) is 0 Å². The zero-order valence-corrected chi connectivity index (χ0v) is 12.8. The fourth-order valence-electron chi connectivity index (χ4n) is 2.22. The Labute approximate surface area is 129 Å². The Hall–Kier alpha value is -2.30. The van der Waals surface area contributed by atoms with Gasteiger partial charge in [-0.1, -0.05) is 6.07 Å². The number of carbonyl (C=O) groups excluding carboxylic acids is 1. The van der Waals surface area contributed by atoms with E-state index in [9.17, 15) is 9.18 Å². The van der Waals surface area contributed by atoms with Crippen LogP contribution in [0.4, 0.5) is 4.39 Å². The van der Waals surface area contributed by atoms with E-state index in [4.69, 9.17) is 9.15 Å². The van der Waals surface area contributed by atoms with Crippen LogP contribution in [0, 0.1) is 5.82 Å². The standard InChI is InChI=1S/C17H20FNO3/c1-12(5-7-14-4-3-9-22-14)19-17(20)11-13-6-8-16(21-2)15(18)10-13/h3-4,6,8-10,12H,5,7,11H2,1-2H3,(H,19,20). The van der Waals surface area contributed by atoms with Gasteiger partial charge in [0.15, 0.2) is 11.6 Å². The smallest absolute Gasteiger partial charge is 0.224 e. The third-order valence-electron chi connectivity index (χ3n) is 3.39. The molecular weight excluding hydrogens is 285 g/mol. The minimum absolute atomic E-state index is 0.0284. The summed E-state index contributed by atoms with van der Waals surface area (Å²) in [7, 11) is 1.41. The molecule has 0 bridgehead atoms. The van der Waals surface area contributed by atoms with Crippen LogP contribution in [0.25, 0.3) is 0 Å². The highest BCUT2D eigenvalue weighted by atomic mass is 19.1. The number of hydrogen-bond acceptors (Lipinski definition) is 3. The molecule has 22 heavy (non-hydrogen) atoms. The first-order valence-electron chi connectivity index (χ1n) is 7.22. The molecule has 4 nitrogen and oxygen atoms in total. The topological polar surface area (TPSA) is 51.5 Å². The molecule has 0 saturated heterocycles. The van der Waals surface area contributed by atoms with Crippen LogP contribution in [0.5, 0.6) is 5.75 Å². The van der Waals surface area contributed by atoms with Crippen molar-refractivity contribution in [2.75, 3.05) is 7.11 Å². The molecule has 1 amide bonds. The lowest BCUT2D eigenvalue weighted by Crippen LogP contribution is -2.34. The Morgan fingerprint density at radius 3 is 2.86 bits per heavy atom. The summed E-state index contributed by atoms with van der Waals surface area (Å²) < 4.78 is 23.7. The molecule has 2 aromatic rings. The van der Waals surface area contributed by atoms with Gasteiger partial charge >= 0.3 is 0 Å². The van der Waals surface area contributed by atoms with Crippen LogP contribution < -0.4 is 10.1 Å². The first-order chi connectivity index (χ1) is 10.6. The predicted octanol–water partition coefficient (Wildman–Crippen LogP) is 3.11. The maximum absolute atomic E-state index is 13.6. The summed E-state index contributed by atoms with van der Waals surface area (Å²) in [6.45, 7) is 1.94. The number of amides is 1. The van der Waals surface area contributed by atoms with E-state index in [1.54, 1.807) is 12.3 Å². The van der Waals surface area contributed by atoms with Gasteiger partial charge in [0.25, 0.3) is 0 Å². The number of rotatable bonds is 7. The normalized spacial score (nSPS) is 12.0. The molecule has 0 saturated carbocycles. The molecule has 5 heteroatoms. The van der Waals surface area contributed by atoms with Crippen molar-refractivity contribution in [3.05, 3.63) is 53.7 Å². The van der Waals surface area contributed by atoms with Crippen molar-refractivity contribution in [1.29, 1.82) is 0 Å². The molecule has 1 atom stereocenters. The number of halogens is 1. The molecule has 118 valence electrons. The third-order valence-corrected chi connectivity index (χ3v) is 3.39. The second kappa shape index (κ2) is 7.64. The summed E-state index contributed by atoms with van der Waals surface area (Å²) in [5.74, 6) is 0.490. The Morgan fingerprint density at radius 1 is 1.41 bits per heavy atom. The monoisotopic (exact) mass is 305 g/mol. The average Bonchev–Trinajstić information content (AvgIpc) is 2.98. The first kappa shape index (κ1) is 16.1. The van der Waals surface area contributed by atoms with Crippen LogP contribution in [-0.4, -0.2) is 19.1 Å². The fraction of sp³-hybridized carbons (Fsp3) is 0.353. The summed E-state index contributed by atoms with van der Waals surface area (Å²) in [4.78, 5) is 12.0. The fourth-order valence-corrected chi connectivity index (χ4v) is 2.22. The molecule has 2 rings (SSSR count). The van der Waals surface area contributed by atoms with Crippen LogP contribution >= 0.6 is 0 Å². The maximum Gasteiger partial charge on any atom is 0.224 e. The Morgan fingerprint density at radius 2 is 2.23 bits per heavy atom. The Bertz CT molecular complexity index is 610. The zero-order chi connectivity index (χ0) is 15.9. The van der Waals surface area contributed by atoms with Crippen LogP contribution in [0.1, 0.15) is 24.7 Å². The summed E-state index contributed by atoms with van der Waals surface area (Å²) in [6, 6.07) is 8.32. The van der Waals surface area contributed by atoms with Crippen LogP contribution in [0.15, 0.2) is 41.0 Å². The Kier molecular flexibility index (Phi) is 5.58. The molecule has 1 aromatic heterocycles. The van der Waals surface area contributed by atoms with E-state index in [2.05, 4.69) is 5.32 Å². The van der Waals surface area contributed by atoms with Crippen molar-refractivity contribution in [3.63, 3.8) is 0 Å². The van der Waals surface area contributed by atoms with Crippen molar-refractivity contribution < 1.29 is 18.3 Å². The molecule has 0 spiro atoms. The zero-order valence-electron chi connectivity index (χ0n) is 12.8. The van der Waals surface area contributed by atoms with Crippen molar-refractivity contribution in [3.8, 4) is 5.75 Å². The summed E-state index contributed by atoms with van der Waals surface area (Å²) in [5, 5.41) is 2.90. The van der Waals surface area contributed by atoms with Crippen molar-refractivity contribution in [2.24, 2.45) is 0 Å². The number of nitrogens with one attached hydrogen (secondary N) is 1. The molecular formula is C17H20FNO3. The quantitative estimate of drug-likeness (QED) is 0.855. The molecule has 1 unspecified atom stereocenters. The highest BCUT2D eigenvalue weighted by molar-refractivity contribution is 5.78. The average molecular weight is 305 g/mol. The van der Waals surface area contributed by atoms with E-state index < -0.39 is 5.82 Å². The van der Waals surface area contributed by atoms with Gasteiger partial charge in [0, 0.05) is 12.5 Å². The third kappa shape index (κ3) is 4.62. The van der Waals surface area contributed by atoms with Gasteiger partial charge in [-0.3, -0.25) is 4.79 Å². The molecule has 1 N–H and O–H groups in total. The SMILES string of the molecule is COc1ccc(CC(=O)NC(C)CCc2ccco2)cc1F. The number of methoxy groups -OCH3 is 1. The minimum Gasteiger partial charge on any atom is -0.494 e. The molecule has 0 fully saturated rings.